The minimum atomic E-state index is 0.469. The highest BCUT2D eigenvalue weighted by atomic mass is 14.6. The van der Waals surface area contributed by atoms with Crippen LogP contribution in [0.25, 0.3) is 0 Å². The Labute approximate surface area is 283 Å². The average Bonchev–Trinajstić information content (AvgIpc) is 2.97. The fraction of sp³-hybridized carbons (Fsp3) is 0.778. The number of allylic oxidation sites excluding steroid dienone is 9. The summed E-state index contributed by atoms with van der Waals surface area (Å²) in [5.74, 6) is 5.71. The lowest BCUT2D eigenvalue weighted by Crippen LogP contribution is -2.48. The topological polar surface area (TPSA) is 0 Å². The van der Waals surface area contributed by atoms with Crippen LogP contribution in [0.2, 0.25) is 0 Å². The molecule has 0 aromatic heterocycles. The summed E-state index contributed by atoms with van der Waals surface area (Å²) in [6.45, 7) is 36.6. The summed E-state index contributed by atoms with van der Waals surface area (Å²) in [4.78, 5) is 0. The lowest BCUT2D eigenvalue weighted by Gasteiger charge is -2.57. The van der Waals surface area contributed by atoms with Gasteiger partial charge in [-0.05, 0) is 143 Å². The lowest BCUT2D eigenvalue weighted by molar-refractivity contribution is -0.0116. The second-order valence-corrected chi connectivity index (χ2v) is 17.9. The van der Waals surface area contributed by atoms with Gasteiger partial charge in [-0.3, -0.25) is 0 Å². The highest BCUT2D eigenvalue weighted by molar-refractivity contribution is 5.25. The van der Waals surface area contributed by atoms with Gasteiger partial charge in [0, 0.05) is 0 Å². The largest absolute Gasteiger partial charge is 0.0998 e. The van der Waals surface area contributed by atoms with Gasteiger partial charge in [0.15, 0.2) is 0 Å². The van der Waals surface area contributed by atoms with Crippen LogP contribution in [-0.4, -0.2) is 0 Å². The van der Waals surface area contributed by atoms with E-state index >= 15 is 0 Å². The number of hydrogen-bond donors (Lipinski definition) is 0. The van der Waals surface area contributed by atoms with Gasteiger partial charge in [-0.2, -0.15) is 0 Å². The molecule has 0 nitrogen and oxygen atoms in total. The maximum atomic E-state index is 4.02. The maximum absolute atomic E-state index is 4.02. The van der Waals surface area contributed by atoms with Crippen molar-refractivity contribution >= 4 is 0 Å². The Morgan fingerprint density at radius 3 is 1.69 bits per heavy atom. The standard InChI is InChI=1S/C12H20.C12H22.C12H20.C9H16/c1-8(2)10-6-5-9-7-11(10)12(9,3)4;1-9(2)11-10(3)7-6-8-12(11,4)5;1-9(2)11-5-7-12(8-6-11)10(3)4;1-8(2)9-6-4-3-5-7-9/h6,8-9,11H,5,7H2,1-4H3;9H,6-8H2,1-5H3;7,10-11H,1,5-6,8H2,2-4H3;6,8H,3-5,7H2,1-2H3/t9-,11-;;11-;/m0.0./s1. The number of fused-ring (bicyclic) bond motifs is 1. The Morgan fingerprint density at radius 1 is 0.733 bits per heavy atom. The molecule has 0 saturated heterocycles. The molecule has 0 heterocycles. The summed E-state index contributed by atoms with van der Waals surface area (Å²) < 4.78 is 0. The molecule has 0 aromatic rings. The van der Waals surface area contributed by atoms with Crippen molar-refractivity contribution in [3.8, 4) is 0 Å². The van der Waals surface area contributed by atoms with E-state index in [0.29, 0.717) is 10.8 Å². The molecule has 0 N–H and O–H groups in total. The van der Waals surface area contributed by atoms with Crippen LogP contribution in [0.3, 0.4) is 0 Å². The highest BCUT2D eigenvalue weighted by Crippen LogP contribution is 2.60. The Bertz CT molecular complexity index is 1060. The minimum Gasteiger partial charge on any atom is -0.0998 e. The van der Waals surface area contributed by atoms with Crippen LogP contribution in [0, 0.1) is 52.3 Å². The Balaban J connectivity index is 0.000000210. The molecule has 2 bridgehead atoms. The van der Waals surface area contributed by atoms with Crippen LogP contribution in [-0.2, 0) is 0 Å². The van der Waals surface area contributed by atoms with Crippen molar-refractivity contribution in [3.63, 3.8) is 0 Å². The maximum Gasteiger partial charge on any atom is -0.0139 e. The van der Waals surface area contributed by atoms with Gasteiger partial charge in [-0.25, -0.2) is 0 Å². The summed E-state index contributed by atoms with van der Waals surface area (Å²) in [6.07, 6.45) is 23.6. The highest BCUT2D eigenvalue weighted by Gasteiger charge is 2.51. The van der Waals surface area contributed by atoms with Gasteiger partial charge < -0.3 is 0 Å². The van der Waals surface area contributed by atoms with Crippen molar-refractivity contribution in [2.24, 2.45) is 52.3 Å². The molecule has 0 amide bonds. The van der Waals surface area contributed by atoms with Crippen LogP contribution in [0.5, 0.6) is 0 Å². The van der Waals surface area contributed by atoms with E-state index in [0.717, 1.165) is 41.4 Å². The predicted octanol–water partition coefficient (Wildman–Crippen LogP) is 14.9. The third-order valence-corrected chi connectivity index (χ3v) is 12.2. The van der Waals surface area contributed by atoms with Crippen LogP contribution in [0.1, 0.15) is 174 Å². The second kappa shape index (κ2) is 17.7. The first-order chi connectivity index (χ1) is 20.9. The Kier molecular flexibility index (Phi) is 15.7. The molecule has 0 unspecified atom stereocenters. The van der Waals surface area contributed by atoms with Crippen molar-refractivity contribution in [3.05, 3.63) is 58.2 Å². The van der Waals surface area contributed by atoms with Crippen LogP contribution in [0.4, 0.5) is 0 Å². The summed E-state index contributed by atoms with van der Waals surface area (Å²) >= 11 is 0. The van der Waals surface area contributed by atoms with E-state index in [1.165, 1.54) is 82.6 Å². The first-order valence-electron chi connectivity index (χ1n) is 19.3. The fourth-order valence-corrected chi connectivity index (χ4v) is 9.17. The van der Waals surface area contributed by atoms with Gasteiger partial charge >= 0.3 is 0 Å². The first kappa shape index (κ1) is 39.9. The van der Waals surface area contributed by atoms with Gasteiger partial charge in [0.05, 0.1) is 0 Å². The Hall–Kier alpha value is -1.30. The first-order valence-corrected chi connectivity index (χ1v) is 19.3. The van der Waals surface area contributed by atoms with Crippen molar-refractivity contribution < 1.29 is 0 Å². The van der Waals surface area contributed by atoms with Crippen molar-refractivity contribution in [2.75, 3.05) is 0 Å². The van der Waals surface area contributed by atoms with Crippen LogP contribution < -0.4 is 0 Å². The molecule has 0 heteroatoms. The smallest absolute Gasteiger partial charge is 0.0139 e. The molecule has 1 fully saturated rings. The summed E-state index contributed by atoms with van der Waals surface area (Å²) in [6, 6.07) is 0. The molecule has 0 aliphatic heterocycles. The molecule has 6 aliphatic rings. The molecule has 0 spiro atoms. The SMILES string of the molecule is C=C(C)[C@H]1CC=C(C(C)C)CC1.CC(C)C1=CCCCC1.CC(C)C1=CC[C@H]2C[C@@H]1C2(C)C.CC1=C(C(C)C)C(C)(C)CCC1. The zero-order valence-corrected chi connectivity index (χ0v) is 33.0. The molecule has 6 aliphatic carbocycles. The quantitative estimate of drug-likeness (QED) is 0.269. The minimum absolute atomic E-state index is 0.469. The second-order valence-electron chi connectivity index (χ2n) is 17.9. The van der Waals surface area contributed by atoms with Crippen molar-refractivity contribution in [2.45, 2.75) is 174 Å². The van der Waals surface area contributed by atoms with E-state index in [9.17, 15) is 0 Å². The van der Waals surface area contributed by atoms with Gasteiger partial charge in [0.1, 0.15) is 0 Å². The van der Waals surface area contributed by atoms with Crippen molar-refractivity contribution in [1.82, 2.24) is 0 Å². The predicted molar refractivity (Wildman–Crippen MR) is 205 cm³/mol. The van der Waals surface area contributed by atoms with E-state index in [1.54, 1.807) is 27.9 Å². The molecule has 0 radical (unpaired) electrons. The summed E-state index contributed by atoms with van der Waals surface area (Å²) in [7, 11) is 0. The lowest BCUT2D eigenvalue weighted by atomic mass is 9.48. The van der Waals surface area contributed by atoms with E-state index in [2.05, 4.69) is 122 Å². The molecule has 45 heavy (non-hydrogen) atoms. The monoisotopic (exact) mass is 619 g/mol. The summed E-state index contributed by atoms with van der Waals surface area (Å²) in [5, 5.41) is 0. The average molecular weight is 619 g/mol. The zero-order valence-electron chi connectivity index (χ0n) is 33.0. The van der Waals surface area contributed by atoms with Crippen molar-refractivity contribution in [1.29, 1.82) is 0 Å². The number of hydrogen-bond acceptors (Lipinski definition) is 0. The molecule has 3 atom stereocenters. The zero-order chi connectivity index (χ0) is 34.1. The van der Waals surface area contributed by atoms with Gasteiger partial charge in [-0.1, -0.05) is 141 Å². The summed E-state index contributed by atoms with van der Waals surface area (Å²) in [5.41, 5.74) is 10.9. The molecule has 258 valence electrons. The van der Waals surface area contributed by atoms with E-state index in [-0.39, 0.29) is 0 Å². The van der Waals surface area contributed by atoms with Crippen LogP contribution in [0.15, 0.2) is 58.2 Å². The fourth-order valence-electron chi connectivity index (χ4n) is 9.17. The number of rotatable bonds is 5. The third-order valence-electron chi connectivity index (χ3n) is 12.2. The molecule has 6 rings (SSSR count). The van der Waals surface area contributed by atoms with Gasteiger partial charge in [0.2, 0.25) is 0 Å². The normalized spacial score (nSPS) is 26.7. The molecule has 1 saturated carbocycles. The molecule has 0 aromatic carbocycles. The molecular weight excluding hydrogens is 540 g/mol. The Morgan fingerprint density at radius 2 is 1.36 bits per heavy atom. The molecular formula is C45H78. The van der Waals surface area contributed by atoms with E-state index in [4.69, 9.17) is 0 Å². The van der Waals surface area contributed by atoms with Crippen LogP contribution >= 0.6 is 0 Å². The van der Waals surface area contributed by atoms with Gasteiger partial charge in [-0.15, -0.1) is 0 Å². The van der Waals surface area contributed by atoms with Gasteiger partial charge in [0.25, 0.3) is 0 Å². The van der Waals surface area contributed by atoms with E-state index in [1.807, 2.05) is 0 Å². The third kappa shape index (κ3) is 11.4. The van der Waals surface area contributed by atoms with E-state index < -0.39 is 0 Å².